The molecule has 18 heavy (non-hydrogen) atoms. The second kappa shape index (κ2) is 5.96. The van der Waals surface area contributed by atoms with Crippen LogP contribution in [0.3, 0.4) is 0 Å². The van der Waals surface area contributed by atoms with Crippen LogP contribution < -0.4 is 0 Å². The van der Waals surface area contributed by atoms with Gasteiger partial charge >= 0.3 is 5.97 Å². The third-order valence-electron chi connectivity index (χ3n) is 2.56. The number of hydrogen-bond donors (Lipinski definition) is 0. The monoisotopic (exact) mass is 244 g/mol. The summed E-state index contributed by atoms with van der Waals surface area (Å²) in [5.41, 5.74) is 1.06. The lowest BCUT2D eigenvalue weighted by Gasteiger charge is -2.05. The van der Waals surface area contributed by atoms with Crippen molar-refractivity contribution in [1.29, 1.82) is 0 Å². The van der Waals surface area contributed by atoms with Gasteiger partial charge in [0.05, 0.1) is 12.2 Å². The largest absolute Gasteiger partial charge is 0.462 e. The molecule has 2 nitrogen and oxygen atoms in total. The molecule has 0 fully saturated rings. The van der Waals surface area contributed by atoms with E-state index in [1.807, 2.05) is 30.3 Å². The summed E-state index contributed by atoms with van der Waals surface area (Å²) in [6.45, 7) is 0.247. The van der Waals surface area contributed by atoms with Gasteiger partial charge in [-0.25, -0.2) is 9.18 Å². The van der Waals surface area contributed by atoms with Crippen molar-refractivity contribution in [1.82, 2.24) is 0 Å². The summed E-state index contributed by atoms with van der Waals surface area (Å²) in [6.07, 6.45) is 0.626. The third-order valence-corrected chi connectivity index (χ3v) is 2.56. The molecule has 0 aliphatic heterocycles. The highest BCUT2D eigenvalue weighted by molar-refractivity contribution is 5.89. The predicted octanol–water partition coefficient (Wildman–Crippen LogP) is 3.23. The van der Waals surface area contributed by atoms with Crippen LogP contribution >= 0.6 is 0 Å². The van der Waals surface area contributed by atoms with Gasteiger partial charge in [0, 0.05) is 6.42 Å². The number of rotatable bonds is 4. The molecule has 0 amide bonds. The second-order valence-electron chi connectivity index (χ2n) is 3.85. The molecule has 2 aromatic carbocycles. The molecule has 0 bridgehead atoms. The first-order chi connectivity index (χ1) is 8.77. The minimum absolute atomic E-state index is 0.0226. The smallest absolute Gasteiger partial charge is 0.341 e. The Bertz CT molecular complexity index is 523. The Labute approximate surface area is 105 Å². The molecule has 3 heteroatoms. The number of carbonyl (C=O) groups is 1. The van der Waals surface area contributed by atoms with Crippen molar-refractivity contribution in [2.24, 2.45) is 0 Å². The average molecular weight is 244 g/mol. The van der Waals surface area contributed by atoms with Crippen LogP contribution in [0.15, 0.2) is 54.6 Å². The van der Waals surface area contributed by atoms with Gasteiger partial charge in [-0.1, -0.05) is 42.5 Å². The van der Waals surface area contributed by atoms with Crippen LogP contribution in [-0.4, -0.2) is 12.6 Å². The Kier molecular flexibility index (Phi) is 4.07. The maximum absolute atomic E-state index is 13.3. The molecular formula is C15H13FO2. The molecule has 0 heterocycles. The Morgan fingerprint density at radius 3 is 2.39 bits per heavy atom. The lowest BCUT2D eigenvalue weighted by molar-refractivity contribution is 0.0504. The van der Waals surface area contributed by atoms with Crippen LogP contribution in [-0.2, 0) is 11.2 Å². The topological polar surface area (TPSA) is 26.3 Å². The van der Waals surface area contributed by atoms with Crippen LogP contribution in [0.5, 0.6) is 0 Å². The molecule has 0 saturated heterocycles. The Morgan fingerprint density at radius 2 is 1.67 bits per heavy atom. The predicted molar refractivity (Wildman–Crippen MR) is 66.8 cm³/mol. The lowest BCUT2D eigenvalue weighted by atomic mass is 10.2. The van der Waals surface area contributed by atoms with E-state index in [1.54, 1.807) is 6.07 Å². The number of hydrogen-bond acceptors (Lipinski definition) is 2. The molecule has 0 aliphatic rings. The van der Waals surface area contributed by atoms with Crippen molar-refractivity contribution in [2.45, 2.75) is 6.42 Å². The summed E-state index contributed by atoms with van der Waals surface area (Å²) in [6, 6.07) is 15.5. The maximum atomic E-state index is 13.3. The molecular weight excluding hydrogens is 231 g/mol. The van der Waals surface area contributed by atoms with Gasteiger partial charge in [-0.15, -0.1) is 0 Å². The Hall–Kier alpha value is -2.16. The zero-order chi connectivity index (χ0) is 12.8. The van der Waals surface area contributed by atoms with Gasteiger partial charge in [-0.3, -0.25) is 0 Å². The van der Waals surface area contributed by atoms with Gasteiger partial charge in [0.1, 0.15) is 5.82 Å². The standard InChI is InChI=1S/C15H13FO2/c16-14-9-5-4-8-13(14)15(17)18-11-10-12-6-2-1-3-7-12/h1-9H,10-11H2. The highest BCUT2D eigenvalue weighted by Crippen LogP contribution is 2.08. The molecule has 0 N–H and O–H groups in total. The Balaban J connectivity index is 1.88. The molecule has 0 atom stereocenters. The minimum atomic E-state index is -0.621. The normalized spacial score (nSPS) is 10.1. The quantitative estimate of drug-likeness (QED) is 0.772. The SMILES string of the molecule is O=C(OCCc1ccccc1)c1ccccc1F. The summed E-state index contributed by atoms with van der Waals surface area (Å²) in [7, 11) is 0. The van der Waals surface area contributed by atoms with Gasteiger partial charge in [-0.05, 0) is 17.7 Å². The molecule has 0 saturated carbocycles. The highest BCUT2D eigenvalue weighted by Gasteiger charge is 2.11. The number of carbonyl (C=O) groups excluding carboxylic acids is 1. The fourth-order valence-electron chi connectivity index (χ4n) is 1.61. The molecule has 0 spiro atoms. The first kappa shape index (κ1) is 12.3. The van der Waals surface area contributed by atoms with E-state index in [0.717, 1.165) is 5.56 Å². The zero-order valence-corrected chi connectivity index (χ0v) is 9.80. The molecule has 0 aliphatic carbocycles. The summed E-state index contributed by atoms with van der Waals surface area (Å²) < 4.78 is 18.3. The van der Waals surface area contributed by atoms with Gasteiger partial charge < -0.3 is 4.74 Å². The first-order valence-corrected chi connectivity index (χ1v) is 5.73. The fraction of sp³-hybridized carbons (Fsp3) is 0.133. The summed E-state index contributed by atoms with van der Waals surface area (Å²) in [4.78, 5) is 11.6. The van der Waals surface area contributed by atoms with E-state index in [2.05, 4.69) is 0 Å². The van der Waals surface area contributed by atoms with Crippen molar-refractivity contribution in [3.05, 3.63) is 71.5 Å². The van der Waals surface area contributed by atoms with Crippen molar-refractivity contribution in [3.63, 3.8) is 0 Å². The van der Waals surface area contributed by atoms with Crippen LogP contribution in [0.1, 0.15) is 15.9 Å². The fourth-order valence-corrected chi connectivity index (χ4v) is 1.61. The van der Waals surface area contributed by atoms with E-state index in [1.165, 1.54) is 18.2 Å². The molecule has 0 unspecified atom stereocenters. The highest BCUT2D eigenvalue weighted by atomic mass is 19.1. The van der Waals surface area contributed by atoms with Crippen LogP contribution in [0, 0.1) is 5.82 Å². The number of halogens is 1. The number of esters is 1. The molecule has 2 rings (SSSR count). The van der Waals surface area contributed by atoms with Crippen LogP contribution in [0.25, 0.3) is 0 Å². The molecule has 0 aromatic heterocycles. The average Bonchev–Trinajstić information content (AvgIpc) is 2.40. The summed E-state index contributed by atoms with van der Waals surface area (Å²) in [5, 5.41) is 0. The lowest BCUT2D eigenvalue weighted by Crippen LogP contribution is -2.09. The van der Waals surface area contributed by atoms with Gasteiger partial charge in [0.15, 0.2) is 0 Å². The summed E-state index contributed by atoms with van der Waals surface area (Å²) >= 11 is 0. The number of benzene rings is 2. The molecule has 0 radical (unpaired) electrons. The zero-order valence-electron chi connectivity index (χ0n) is 9.80. The van der Waals surface area contributed by atoms with Crippen LogP contribution in [0.2, 0.25) is 0 Å². The third kappa shape index (κ3) is 3.17. The minimum Gasteiger partial charge on any atom is -0.462 e. The summed E-state index contributed by atoms with van der Waals surface area (Å²) in [5.74, 6) is -1.17. The van der Waals surface area contributed by atoms with Crippen molar-refractivity contribution >= 4 is 5.97 Å². The maximum Gasteiger partial charge on any atom is 0.341 e. The van der Waals surface area contributed by atoms with Gasteiger partial charge in [-0.2, -0.15) is 0 Å². The van der Waals surface area contributed by atoms with E-state index in [0.29, 0.717) is 6.42 Å². The van der Waals surface area contributed by atoms with E-state index in [-0.39, 0.29) is 12.2 Å². The van der Waals surface area contributed by atoms with E-state index in [9.17, 15) is 9.18 Å². The van der Waals surface area contributed by atoms with Crippen LogP contribution in [0.4, 0.5) is 4.39 Å². The second-order valence-corrected chi connectivity index (χ2v) is 3.85. The van der Waals surface area contributed by atoms with Gasteiger partial charge in [0.25, 0.3) is 0 Å². The van der Waals surface area contributed by atoms with E-state index < -0.39 is 11.8 Å². The molecule has 92 valence electrons. The molecule has 2 aromatic rings. The number of ether oxygens (including phenoxy) is 1. The van der Waals surface area contributed by atoms with Crippen molar-refractivity contribution in [3.8, 4) is 0 Å². The van der Waals surface area contributed by atoms with Crippen molar-refractivity contribution in [2.75, 3.05) is 6.61 Å². The first-order valence-electron chi connectivity index (χ1n) is 5.73. The van der Waals surface area contributed by atoms with E-state index >= 15 is 0 Å². The van der Waals surface area contributed by atoms with E-state index in [4.69, 9.17) is 4.74 Å². The Morgan fingerprint density at radius 1 is 1.00 bits per heavy atom. The van der Waals surface area contributed by atoms with Crippen molar-refractivity contribution < 1.29 is 13.9 Å². The van der Waals surface area contributed by atoms with Gasteiger partial charge in [0.2, 0.25) is 0 Å².